The Balaban J connectivity index is 1.60. The Morgan fingerprint density at radius 2 is 1.96 bits per heavy atom. The van der Waals surface area contributed by atoms with Crippen LogP contribution in [0.3, 0.4) is 0 Å². The zero-order valence-corrected chi connectivity index (χ0v) is 13.8. The lowest BCUT2D eigenvalue weighted by Gasteiger charge is -2.32. The summed E-state index contributed by atoms with van der Waals surface area (Å²) >= 11 is 0. The van der Waals surface area contributed by atoms with Crippen LogP contribution in [0.4, 0.5) is 10.2 Å². The van der Waals surface area contributed by atoms with E-state index in [2.05, 4.69) is 14.9 Å². The number of halogens is 1. The summed E-state index contributed by atoms with van der Waals surface area (Å²) in [7, 11) is 0. The summed E-state index contributed by atoms with van der Waals surface area (Å²) in [6, 6.07) is 5.71. The van der Waals surface area contributed by atoms with E-state index in [4.69, 9.17) is 9.84 Å². The van der Waals surface area contributed by atoms with Gasteiger partial charge >= 0.3 is 0 Å². The minimum Gasteiger partial charge on any atom is -0.474 e. The van der Waals surface area contributed by atoms with Crippen LogP contribution in [0.2, 0.25) is 0 Å². The Kier molecular flexibility index (Phi) is 5.55. The second kappa shape index (κ2) is 8.02. The number of carbonyl (C=O) groups excluding carboxylic acids is 1. The summed E-state index contributed by atoms with van der Waals surface area (Å²) in [4.78, 5) is 23.1. The van der Waals surface area contributed by atoms with Crippen LogP contribution < -0.4 is 9.64 Å². The quantitative estimate of drug-likeness (QED) is 0.808. The van der Waals surface area contributed by atoms with E-state index in [1.807, 2.05) is 0 Å². The molecule has 132 valence electrons. The predicted molar refractivity (Wildman–Crippen MR) is 90.3 cm³/mol. The van der Waals surface area contributed by atoms with E-state index in [1.165, 1.54) is 30.5 Å². The third-order valence-electron chi connectivity index (χ3n) is 4.26. The Morgan fingerprint density at radius 1 is 1.24 bits per heavy atom. The number of rotatable bonds is 6. The molecule has 25 heavy (non-hydrogen) atoms. The molecule has 1 fully saturated rings. The predicted octanol–water partition coefficient (Wildman–Crippen LogP) is 2.09. The summed E-state index contributed by atoms with van der Waals surface area (Å²) in [5.74, 6) is 0.724. The molecule has 6 nitrogen and oxygen atoms in total. The lowest BCUT2D eigenvalue weighted by molar-refractivity contribution is 0.0900. The lowest BCUT2D eigenvalue weighted by Crippen LogP contribution is -2.37. The van der Waals surface area contributed by atoms with Gasteiger partial charge in [0, 0.05) is 24.6 Å². The molecule has 0 atom stereocenters. The monoisotopic (exact) mass is 345 g/mol. The van der Waals surface area contributed by atoms with Crippen LogP contribution in [-0.2, 0) is 0 Å². The highest BCUT2D eigenvalue weighted by Gasteiger charge is 2.26. The molecule has 0 aliphatic carbocycles. The van der Waals surface area contributed by atoms with Gasteiger partial charge in [0.05, 0.1) is 19.0 Å². The number of carbonyl (C=O) groups is 1. The number of hydrogen-bond donors (Lipinski definition) is 1. The van der Waals surface area contributed by atoms with E-state index in [1.54, 1.807) is 6.20 Å². The van der Waals surface area contributed by atoms with Gasteiger partial charge in [-0.05, 0) is 37.1 Å². The number of hydrogen-bond acceptors (Lipinski definition) is 6. The standard InChI is InChI=1S/C18H20FN3O3/c19-15-3-1-13(2-4-15)18(24)14-5-7-22(8-6-14)16-11-20-12-17(21-16)25-10-9-23/h1-4,11-12,14,23H,5-10H2. The molecule has 0 radical (unpaired) electrons. The smallest absolute Gasteiger partial charge is 0.234 e. The average molecular weight is 345 g/mol. The third kappa shape index (κ3) is 4.30. The molecule has 0 unspecified atom stereocenters. The first-order valence-corrected chi connectivity index (χ1v) is 8.28. The first-order valence-electron chi connectivity index (χ1n) is 8.28. The van der Waals surface area contributed by atoms with E-state index in [0.29, 0.717) is 43.2 Å². The van der Waals surface area contributed by atoms with Crippen molar-refractivity contribution in [2.24, 2.45) is 5.92 Å². The van der Waals surface area contributed by atoms with Gasteiger partial charge < -0.3 is 14.7 Å². The average Bonchev–Trinajstić information content (AvgIpc) is 2.67. The molecule has 3 rings (SSSR count). The molecule has 2 aromatic rings. The van der Waals surface area contributed by atoms with Crippen molar-refractivity contribution in [1.82, 2.24) is 9.97 Å². The van der Waals surface area contributed by atoms with Crippen molar-refractivity contribution >= 4 is 11.6 Å². The highest BCUT2D eigenvalue weighted by Crippen LogP contribution is 2.25. The molecule has 2 heterocycles. The highest BCUT2D eigenvalue weighted by atomic mass is 19.1. The number of aliphatic hydroxyl groups excluding tert-OH is 1. The highest BCUT2D eigenvalue weighted by molar-refractivity contribution is 5.97. The van der Waals surface area contributed by atoms with Gasteiger partial charge in [-0.2, -0.15) is 4.98 Å². The van der Waals surface area contributed by atoms with Crippen molar-refractivity contribution in [3.05, 3.63) is 48.0 Å². The van der Waals surface area contributed by atoms with Gasteiger partial charge in [0.15, 0.2) is 11.6 Å². The van der Waals surface area contributed by atoms with Crippen molar-refractivity contribution < 1.29 is 19.0 Å². The molecule has 7 heteroatoms. The van der Waals surface area contributed by atoms with Crippen LogP contribution in [-0.4, -0.2) is 47.2 Å². The Bertz CT molecular complexity index is 716. The number of ether oxygens (including phenoxy) is 1. The number of nitrogens with zero attached hydrogens (tertiary/aromatic N) is 3. The van der Waals surface area contributed by atoms with Gasteiger partial charge in [-0.15, -0.1) is 0 Å². The van der Waals surface area contributed by atoms with Gasteiger partial charge in [-0.1, -0.05) is 0 Å². The van der Waals surface area contributed by atoms with E-state index >= 15 is 0 Å². The van der Waals surface area contributed by atoms with Crippen LogP contribution in [0.25, 0.3) is 0 Å². The summed E-state index contributed by atoms with van der Waals surface area (Å²) < 4.78 is 18.3. The Hall–Kier alpha value is -2.54. The molecule has 1 aliphatic rings. The maximum atomic E-state index is 13.0. The van der Waals surface area contributed by atoms with Crippen molar-refractivity contribution in [3.63, 3.8) is 0 Å². The second-order valence-electron chi connectivity index (χ2n) is 5.92. The van der Waals surface area contributed by atoms with Gasteiger partial charge in [0.25, 0.3) is 0 Å². The van der Waals surface area contributed by atoms with Gasteiger partial charge in [-0.3, -0.25) is 9.78 Å². The first-order chi connectivity index (χ1) is 12.2. The van der Waals surface area contributed by atoms with E-state index in [0.717, 1.165) is 0 Å². The van der Waals surface area contributed by atoms with Crippen LogP contribution in [0, 0.1) is 11.7 Å². The molecule has 0 bridgehead atoms. The maximum Gasteiger partial charge on any atom is 0.234 e. The number of benzene rings is 1. The summed E-state index contributed by atoms with van der Waals surface area (Å²) in [6.45, 7) is 1.47. The van der Waals surface area contributed by atoms with Crippen molar-refractivity contribution in [2.45, 2.75) is 12.8 Å². The maximum absolute atomic E-state index is 13.0. The summed E-state index contributed by atoms with van der Waals surface area (Å²) in [5.41, 5.74) is 0.555. The zero-order valence-electron chi connectivity index (χ0n) is 13.8. The number of anilines is 1. The Labute approximate surface area is 145 Å². The number of Topliss-reactive ketones (excluding diaryl/α,β-unsaturated/α-hetero) is 1. The van der Waals surface area contributed by atoms with Crippen molar-refractivity contribution in [1.29, 1.82) is 0 Å². The summed E-state index contributed by atoms with van der Waals surface area (Å²) in [6.07, 6.45) is 4.58. The molecule has 0 spiro atoms. The normalized spacial score (nSPS) is 15.2. The number of piperidine rings is 1. The van der Waals surface area contributed by atoms with Crippen LogP contribution in [0.15, 0.2) is 36.7 Å². The molecule has 1 aromatic carbocycles. The third-order valence-corrected chi connectivity index (χ3v) is 4.26. The summed E-state index contributed by atoms with van der Waals surface area (Å²) in [5, 5.41) is 8.80. The molecular formula is C18H20FN3O3. The fourth-order valence-electron chi connectivity index (χ4n) is 2.93. The fourth-order valence-corrected chi connectivity index (χ4v) is 2.93. The molecule has 1 N–H and O–H groups in total. The molecule has 1 aromatic heterocycles. The van der Waals surface area contributed by atoms with Crippen molar-refractivity contribution in [3.8, 4) is 5.88 Å². The molecule has 0 saturated carbocycles. The molecular weight excluding hydrogens is 325 g/mol. The molecule has 1 saturated heterocycles. The number of aliphatic hydroxyl groups is 1. The van der Waals surface area contributed by atoms with Crippen LogP contribution >= 0.6 is 0 Å². The molecule has 1 aliphatic heterocycles. The van der Waals surface area contributed by atoms with E-state index in [-0.39, 0.29) is 30.7 Å². The minimum absolute atomic E-state index is 0.0609. The zero-order chi connectivity index (χ0) is 17.6. The van der Waals surface area contributed by atoms with E-state index in [9.17, 15) is 9.18 Å². The van der Waals surface area contributed by atoms with Gasteiger partial charge in [0.2, 0.25) is 5.88 Å². The minimum atomic E-state index is -0.340. The lowest BCUT2D eigenvalue weighted by atomic mass is 9.89. The first kappa shape index (κ1) is 17.3. The molecule has 0 amide bonds. The van der Waals surface area contributed by atoms with Crippen LogP contribution in [0.5, 0.6) is 5.88 Å². The van der Waals surface area contributed by atoms with Crippen LogP contribution in [0.1, 0.15) is 23.2 Å². The second-order valence-corrected chi connectivity index (χ2v) is 5.92. The van der Waals surface area contributed by atoms with E-state index < -0.39 is 0 Å². The van der Waals surface area contributed by atoms with Crippen molar-refractivity contribution in [2.75, 3.05) is 31.2 Å². The number of ketones is 1. The number of aromatic nitrogens is 2. The SMILES string of the molecule is O=C(c1ccc(F)cc1)C1CCN(c2cncc(OCCO)n2)CC1. The largest absolute Gasteiger partial charge is 0.474 e. The Morgan fingerprint density at radius 3 is 2.64 bits per heavy atom. The fraction of sp³-hybridized carbons (Fsp3) is 0.389. The van der Waals surface area contributed by atoms with Gasteiger partial charge in [0.1, 0.15) is 12.4 Å². The topological polar surface area (TPSA) is 75.6 Å². The van der Waals surface area contributed by atoms with Gasteiger partial charge in [-0.25, -0.2) is 4.39 Å².